The Balaban J connectivity index is 1.73. The highest BCUT2D eigenvalue weighted by atomic mass is 16.5. The van der Waals surface area contributed by atoms with Crippen molar-refractivity contribution in [1.29, 1.82) is 0 Å². The van der Waals surface area contributed by atoms with Crippen molar-refractivity contribution in [3.63, 3.8) is 0 Å². The van der Waals surface area contributed by atoms with Gasteiger partial charge in [0.25, 0.3) is 5.91 Å². The van der Waals surface area contributed by atoms with Gasteiger partial charge in [0.1, 0.15) is 5.75 Å². The Hall–Kier alpha value is -1.59. The van der Waals surface area contributed by atoms with Crippen LogP contribution in [-0.2, 0) is 9.47 Å². The van der Waals surface area contributed by atoms with E-state index in [1.165, 1.54) is 0 Å². The van der Waals surface area contributed by atoms with Crippen LogP contribution in [0.4, 0.5) is 0 Å². The predicted molar refractivity (Wildman–Crippen MR) is 91.4 cm³/mol. The number of rotatable bonds is 5. The van der Waals surface area contributed by atoms with Gasteiger partial charge in [-0.1, -0.05) is 0 Å². The fourth-order valence-corrected chi connectivity index (χ4v) is 4.01. The van der Waals surface area contributed by atoms with Gasteiger partial charge in [-0.2, -0.15) is 0 Å². The molecular formula is C19H27NO4. The summed E-state index contributed by atoms with van der Waals surface area (Å²) in [5.41, 5.74) is 0.869. The number of hydrogen-bond acceptors (Lipinski definition) is 4. The summed E-state index contributed by atoms with van der Waals surface area (Å²) in [6.07, 6.45) is 2.02. The zero-order chi connectivity index (χ0) is 17.0. The molecule has 3 rings (SSSR count). The van der Waals surface area contributed by atoms with Crippen LogP contribution in [0.15, 0.2) is 24.3 Å². The fourth-order valence-electron chi connectivity index (χ4n) is 4.01. The van der Waals surface area contributed by atoms with E-state index in [0.717, 1.165) is 50.5 Å². The normalized spacial score (nSPS) is 22.8. The molecule has 0 N–H and O–H groups in total. The monoisotopic (exact) mass is 333 g/mol. The number of likely N-dealkylation sites (tertiary alicyclic amines) is 1. The lowest BCUT2D eigenvalue weighted by atomic mass is 9.72. The van der Waals surface area contributed by atoms with Gasteiger partial charge >= 0.3 is 0 Å². The number of methoxy groups -OCH3 is 1. The summed E-state index contributed by atoms with van der Waals surface area (Å²) in [4.78, 5) is 14.9. The molecule has 5 heteroatoms. The summed E-state index contributed by atoms with van der Waals surface area (Å²) in [6.45, 7) is 6.41. The zero-order valence-electron chi connectivity index (χ0n) is 14.6. The minimum atomic E-state index is 0.0996. The van der Waals surface area contributed by atoms with Gasteiger partial charge in [-0.05, 0) is 49.4 Å². The van der Waals surface area contributed by atoms with E-state index < -0.39 is 0 Å². The summed E-state index contributed by atoms with van der Waals surface area (Å²) in [5.74, 6) is 1.29. The number of ether oxygens (including phenoxy) is 3. The van der Waals surface area contributed by atoms with Crippen LogP contribution in [0.1, 0.15) is 30.1 Å². The summed E-state index contributed by atoms with van der Waals surface area (Å²) in [6, 6.07) is 7.44. The van der Waals surface area contributed by atoms with E-state index in [1.807, 2.05) is 36.1 Å². The Morgan fingerprint density at radius 3 is 2.62 bits per heavy atom. The molecule has 2 aliphatic rings. The molecule has 24 heavy (non-hydrogen) atoms. The van der Waals surface area contributed by atoms with Crippen molar-refractivity contribution in [1.82, 2.24) is 4.90 Å². The van der Waals surface area contributed by atoms with E-state index in [-0.39, 0.29) is 11.3 Å². The fraction of sp³-hybridized carbons (Fsp3) is 0.632. The first-order valence-corrected chi connectivity index (χ1v) is 8.77. The van der Waals surface area contributed by atoms with E-state index in [9.17, 15) is 4.79 Å². The van der Waals surface area contributed by atoms with E-state index in [2.05, 4.69) is 0 Å². The van der Waals surface area contributed by atoms with Gasteiger partial charge < -0.3 is 19.1 Å². The number of carbonyl (C=O) groups is 1. The second-order valence-corrected chi connectivity index (χ2v) is 6.77. The molecule has 1 atom stereocenters. The minimum absolute atomic E-state index is 0.0996. The Labute approximate surface area is 143 Å². The van der Waals surface area contributed by atoms with Crippen LogP contribution in [0.25, 0.3) is 0 Å². The first-order valence-electron chi connectivity index (χ1n) is 8.77. The Kier molecular flexibility index (Phi) is 5.41. The maximum atomic E-state index is 12.9. The number of benzene rings is 1. The molecule has 1 spiro atoms. The Morgan fingerprint density at radius 2 is 2.00 bits per heavy atom. The third-order valence-corrected chi connectivity index (χ3v) is 5.37. The number of amides is 1. The van der Waals surface area contributed by atoms with Crippen molar-refractivity contribution < 1.29 is 19.0 Å². The zero-order valence-corrected chi connectivity index (χ0v) is 14.6. The van der Waals surface area contributed by atoms with E-state index in [4.69, 9.17) is 14.2 Å². The molecule has 1 aromatic rings. The Bertz CT molecular complexity index is 551. The summed E-state index contributed by atoms with van der Waals surface area (Å²) in [5, 5.41) is 0. The predicted octanol–water partition coefficient (Wildman–Crippen LogP) is 2.60. The lowest BCUT2D eigenvalue weighted by molar-refractivity contribution is -0.0169. The van der Waals surface area contributed by atoms with Gasteiger partial charge in [0, 0.05) is 44.9 Å². The first-order chi connectivity index (χ1) is 11.7. The highest BCUT2D eigenvalue weighted by molar-refractivity contribution is 5.94. The van der Waals surface area contributed by atoms with Crippen LogP contribution in [0, 0.1) is 11.3 Å². The largest absolute Gasteiger partial charge is 0.494 e. The molecular weight excluding hydrogens is 306 g/mol. The summed E-state index contributed by atoms with van der Waals surface area (Å²) < 4.78 is 16.4. The molecule has 2 saturated heterocycles. The van der Waals surface area contributed by atoms with E-state index >= 15 is 0 Å². The average Bonchev–Trinajstić information content (AvgIpc) is 2.94. The molecule has 132 valence electrons. The molecule has 1 unspecified atom stereocenters. The van der Waals surface area contributed by atoms with Crippen molar-refractivity contribution in [3.8, 4) is 5.75 Å². The molecule has 0 aliphatic carbocycles. The quantitative estimate of drug-likeness (QED) is 0.831. The van der Waals surface area contributed by atoms with Crippen LogP contribution in [0.2, 0.25) is 0 Å². The maximum Gasteiger partial charge on any atom is 0.253 e. The van der Waals surface area contributed by atoms with Gasteiger partial charge in [0.05, 0.1) is 13.2 Å². The molecule has 1 amide bonds. The first kappa shape index (κ1) is 17.2. The van der Waals surface area contributed by atoms with Crippen LogP contribution in [0.5, 0.6) is 5.75 Å². The minimum Gasteiger partial charge on any atom is -0.494 e. The van der Waals surface area contributed by atoms with Gasteiger partial charge in [0.2, 0.25) is 0 Å². The second-order valence-electron chi connectivity index (χ2n) is 6.77. The highest BCUT2D eigenvalue weighted by Crippen LogP contribution is 2.44. The molecule has 5 nitrogen and oxygen atoms in total. The van der Waals surface area contributed by atoms with E-state index in [1.54, 1.807) is 7.11 Å². The van der Waals surface area contributed by atoms with Crippen molar-refractivity contribution in [3.05, 3.63) is 29.8 Å². The molecule has 0 aromatic heterocycles. The molecule has 2 aliphatic heterocycles. The molecule has 2 fully saturated rings. The van der Waals surface area contributed by atoms with Crippen LogP contribution in [-0.4, -0.2) is 57.4 Å². The SMILES string of the molecule is CCOc1ccc(C(=O)N2CC(COC)C3(CCOCC3)C2)cc1. The highest BCUT2D eigenvalue weighted by Gasteiger charge is 2.48. The van der Waals surface area contributed by atoms with Crippen molar-refractivity contribution in [2.75, 3.05) is 46.6 Å². The second kappa shape index (κ2) is 7.53. The van der Waals surface area contributed by atoms with Crippen molar-refractivity contribution >= 4 is 5.91 Å². The Morgan fingerprint density at radius 1 is 1.29 bits per heavy atom. The maximum absolute atomic E-state index is 12.9. The molecule has 0 radical (unpaired) electrons. The number of hydrogen-bond donors (Lipinski definition) is 0. The van der Waals surface area contributed by atoms with Gasteiger partial charge in [0.15, 0.2) is 0 Å². The van der Waals surface area contributed by atoms with Gasteiger partial charge in [-0.25, -0.2) is 0 Å². The number of nitrogens with zero attached hydrogens (tertiary/aromatic N) is 1. The van der Waals surface area contributed by atoms with Gasteiger partial charge in [-0.3, -0.25) is 4.79 Å². The lowest BCUT2D eigenvalue weighted by Gasteiger charge is -2.37. The van der Waals surface area contributed by atoms with Crippen LogP contribution < -0.4 is 4.74 Å². The van der Waals surface area contributed by atoms with E-state index in [0.29, 0.717) is 19.1 Å². The molecule has 0 saturated carbocycles. The van der Waals surface area contributed by atoms with Crippen molar-refractivity contribution in [2.45, 2.75) is 19.8 Å². The standard InChI is InChI=1S/C19H27NO4/c1-3-24-17-6-4-15(5-7-17)18(21)20-12-16(13-22-2)19(14-20)8-10-23-11-9-19/h4-7,16H,3,8-14H2,1-2H3. The average molecular weight is 333 g/mol. The molecule has 2 heterocycles. The molecule has 0 bridgehead atoms. The lowest BCUT2D eigenvalue weighted by Crippen LogP contribution is -2.39. The number of carbonyl (C=O) groups excluding carboxylic acids is 1. The van der Waals surface area contributed by atoms with Crippen LogP contribution in [0.3, 0.4) is 0 Å². The topological polar surface area (TPSA) is 48.0 Å². The summed E-state index contributed by atoms with van der Waals surface area (Å²) in [7, 11) is 1.74. The summed E-state index contributed by atoms with van der Waals surface area (Å²) >= 11 is 0. The third kappa shape index (κ3) is 3.42. The van der Waals surface area contributed by atoms with Crippen molar-refractivity contribution in [2.24, 2.45) is 11.3 Å². The van der Waals surface area contributed by atoms with Gasteiger partial charge in [-0.15, -0.1) is 0 Å². The molecule has 1 aromatic carbocycles. The van der Waals surface area contributed by atoms with Crippen LogP contribution >= 0.6 is 0 Å². The smallest absolute Gasteiger partial charge is 0.253 e. The third-order valence-electron chi connectivity index (χ3n) is 5.37.